The molecule has 0 radical (unpaired) electrons. The molecule has 0 aliphatic heterocycles. The van der Waals surface area contributed by atoms with Gasteiger partial charge in [0.1, 0.15) is 5.78 Å². The van der Waals surface area contributed by atoms with Gasteiger partial charge in [-0.05, 0) is 53.1 Å². The second-order valence-corrected chi connectivity index (χ2v) is 4.89. The van der Waals surface area contributed by atoms with Crippen LogP contribution in [0.3, 0.4) is 0 Å². The van der Waals surface area contributed by atoms with Gasteiger partial charge in [-0.2, -0.15) is 0 Å². The Morgan fingerprint density at radius 3 is 2.35 bits per heavy atom. The molecule has 3 nitrogen and oxygen atoms in total. The number of rotatable bonds is 12. The molecule has 0 aromatic carbocycles. The lowest BCUT2D eigenvalue weighted by Gasteiger charge is -2.07. The van der Waals surface area contributed by atoms with Crippen LogP contribution in [0.2, 0.25) is 0 Å². The van der Waals surface area contributed by atoms with Crippen molar-refractivity contribution in [2.24, 2.45) is 0 Å². The molecule has 0 bridgehead atoms. The Bertz CT molecular complexity index is 181. The first-order valence-electron chi connectivity index (χ1n) is 6.94. The second-order valence-electron chi connectivity index (χ2n) is 4.89. The van der Waals surface area contributed by atoms with E-state index in [2.05, 4.69) is 19.2 Å². The third kappa shape index (κ3) is 15.6. The zero-order valence-electron chi connectivity index (χ0n) is 11.8. The van der Waals surface area contributed by atoms with E-state index in [1.165, 1.54) is 25.7 Å². The first kappa shape index (κ1) is 16.6. The second kappa shape index (κ2) is 12.1. The van der Waals surface area contributed by atoms with E-state index in [1.54, 1.807) is 6.92 Å². The fraction of sp³-hybridized carbons (Fsp3) is 0.929. The molecule has 0 aromatic rings. The van der Waals surface area contributed by atoms with Crippen molar-refractivity contribution in [3.8, 4) is 0 Å². The van der Waals surface area contributed by atoms with E-state index in [0.717, 1.165) is 26.1 Å². The van der Waals surface area contributed by atoms with Crippen LogP contribution in [0.25, 0.3) is 0 Å². The van der Waals surface area contributed by atoms with Crippen molar-refractivity contribution < 1.29 is 9.53 Å². The molecule has 0 saturated carbocycles. The van der Waals surface area contributed by atoms with E-state index in [4.69, 9.17) is 4.74 Å². The highest BCUT2D eigenvalue weighted by atomic mass is 16.5. The number of carbonyl (C=O) groups is 1. The molecule has 3 heteroatoms. The van der Waals surface area contributed by atoms with Crippen molar-refractivity contribution in [1.29, 1.82) is 0 Å². The third-order valence-corrected chi connectivity index (χ3v) is 2.58. The zero-order chi connectivity index (χ0) is 12.9. The van der Waals surface area contributed by atoms with Gasteiger partial charge in [0.15, 0.2) is 0 Å². The van der Waals surface area contributed by atoms with Crippen LogP contribution in [0.4, 0.5) is 0 Å². The van der Waals surface area contributed by atoms with Crippen LogP contribution in [-0.4, -0.2) is 31.6 Å². The lowest BCUT2D eigenvalue weighted by molar-refractivity contribution is -0.117. The van der Waals surface area contributed by atoms with Crippen LogP contribution in [0.15, 0.2) is 0 Å². The predicted molar refractivity (Wildman–Crippen MR) is 72.3 cm³/mol. The van der Waals surface area contributed by atoms with Crippen molar-refractivity contribution >= 4 is 5.78 Å². The Morgan fingerprint density at radius 2 is 1.71 bits per heavy atom. The quantitative estimate of drug-likeness (QED) is 0.536. The molecular weight excluding hydrogens is 214 g/mol. The maximum Gasteiger partial charge on any atom is 0.129 e. The molecule has 0 unspecified atom stereocenters. The first-order chi connectivity index (χ1) is 8.13. The van der Waals surface area contributed by atoms with Gasteiger partial charge in [-0.1, -0.05) is 12.8 Å². The van der Waals surface area contributed by atoms with Crippen LogP contribution in [0.5, 0.6) is 0 Å². The highest BCUT2D eigenvalue weighted by Gasteiger charge is 1.95. The van der Waals surface area contributed by atoms with Crippen LogP contribution in [0.1, 0.15) is 59.3 Å². The predicted octanol–water partition coefficient (Wildman–Crippen LogP) is 2.93. The van der Waals surface area contributed by atoms with Gasteiger partial charge in [0.05, 0.1) is 6.10 Å². The van der Waals surface area contributed by atoms with Gasteiger partial charge in [-0.15, -0.1) is 0 Å². The minimum absolute atomic E-state index is 0.289. The van der Waals surface area contributed by atoms with Crippen molar-refractivity contribution in [3.05, 3.63) is 0 Å². The van der Waals surface area contributed by atoms with E-state index < -0.39 is 0 Å². The summed E-state index contributed by atoms with van der Waals surface area (Å²) in [6.45, 7) is 8.73. The molecule has 0 aromatic heterocycles. The number of carbonyl (C=O) groups excluding carboxylic acids is 1. The summed E-state index contributed by atoms with van der Waals surface area (Å²) < 4.78 is 5.48. The Kier molecular flexibility index (Phi) is 11.8. The molecular formula is C14H29NO2. The van der Waals surface area contributed by atoms with Gasteiger partial charge in [-0.25, -0.2) is 0 Å². The number of ketones is 1. The van der Waals surface area contributed by atoms with Crippen molar-refractivity contribution in [1.82, 2.24) is 5.32 Å². The van der Waals surface area contributed by atoms with Gasteiger partial charge in [0.25, 0.3) is 0 Å². The summed E-state index contributed by atoms with van der Waals surface area (Å²) in [5, 5.41) is 3.37. The lowest BCUT2D eigenvalue weighted by atomic mass is 10.2. The lowest BCUT2D eigenvalue weighted by Crippen LogP contribution is -2.17. The molecule has 1 N–H and O–H groups in total. The van der Waals surface area contributed by atoms with Gasteiger partial charge >= 0.3 is 0 Å². The van der Waals surface area contributed by atoms with E-state index >= 15 is 0 Å². The number of hydrogen-bond acceptors (Lipinski definition) is 3. The van der Waals surface area contributed by atoms with Gasteiger partial charge in [-0.3, -0.25) is 0 Å². The molecule has 17 heavy (non-hydrogen) atoms. The van der Waals surface area contributed by atoms with Crippen LogP contribution >= 0.6 is 0 Å². The first-order valence-corrected chi connectivity index (χ1v) is 6.94. The minimum Gasteiger partial charge on any atom is -0.379 e. The average Bonchev–Trinajstić information content (AvgIpc) is 2.25. The van der Waals surface area contributed by atoms with Gasteiger partial charge in [0, 0.05) is 13.0 Å². The summed E-state index contributed by atoms with van der Waals surface area (Å²) in [4.78, 5) is 10.7. The standard InChI is InChI=1S/C14H29NO2/c1-13(2)17-12-7-5-4-6-10-15-11-8-9-14(3)16/h13,15H,4-12H2,1-3H3. The summed E-state index contributed by atoms with van der Waals surface area (Å²) in [6.07, 6.45) is 6.95. The van der Waals surface area contributed by atoms with Gasteiger partial charge in [0.2, 0.25) is 0 Å². The highest BCUT2D eigenvalue weighted by molar-refractivity contribution is 5.75. The van der Waals surface area contributed by atoms with Crippen molar-refractivity contribution in [3.63, 3.8) is 0 Å². The molecule has 0 heterocycles. The Labute approximate surface area is 106 Å². The largest absolute Gasteiger partial charge is 0.379 e. The molecule has 0 aliphatic rings. The number of nitrogens with one attached hydrogen (secondary N) is 1. The minimum atomic E-state index is 0.289. The zero-order valence-corrected chi connectivity index (χ0v) is 11.8. The molecule has 0 fully saturated rings. The molecule has 0 atom stereocenters. The summed E-state index contributed by atoms with van der Waals surface area (Å²) in [7, 11) is 0. The number of unbranched alkanes of at least 4 members (excludes halogenated alkanes) is 3. The highest BCUT2D eigenvalue weighted by Crippen LogP contribution is 2.00. The molecule has 0 aliphatic carbocycles. The fourth-order valence-corrected chi connectivity index (χ4v) is 1.61. The van der Waals surface area contributed by atoms with Crippen LogP contribution in [-0.2, 0) is 9.53 Å². The van der Waals surface area contributed by atoms with E-state index in [-0.39, 0.29) is 5.78 Å². The fourth-order valence-electron chi connectivity index (χ4n) is 1.61. The molecule has 0 rings (SSSR count). The Balaban J connectivity index is 2.96. The molecule has 0 amide bonds. The monoisotopic (exact) mass is 243 g/mol. The van der Waals surface area contributed by atoms with E-state index in [9.17, 15) is 4.79 Å². The number of ether oxygens (including phenoxy) is 1. The SMILES string of the molecule is CC(=O)CCCNCCCCCCOC(C)C. The maximum absolute atomic E-state index is 10.7. The third-order valence-electron chi connectivity index (χ3n) is 2.58. The number of Topliss-reactive ketones (excluding diaryl/α,β-unsaturated/α-hetero) is 1. The normalized spacial score (nSPS) is 11.1. The Morgan fingerprint density at radius 1 is 1.06 bits per heavy atom. The molecule has 0 saturated heterocycles. The van der Waals surface area contributed by atoms with Crippen molar-refractivity contribution in [2.75, 3.05) is 19.7 Å². The summed E-state index contributed by atoms with van der Waals surface area (Å²) >= 11 is 0. The topological polar surface area (TPSA) is 38.3 Å². The van der Waals surface area contributed by atoms with Crippen molar-refractivity contribution in [2.45, 2.75) is 65.4 Å². The van der Waals surface area contributed by atoms with E-state index in [1.807, 2.05) is 0 Å². The summed E-state index contributed by atoms with van der Waals surface area (Å²) in [5.74, 6) is 0.289. The Hall–Kier alpha value is -0.410. The molecule has 0 spiro atoms. The number of hydrogen-bond donors (Lipinski definition) is 1. The summed E-state index contributed by atoms with van der Waals surface area (Å²) in [5.41, 5.74) is 0. The molecule has 102 valence electrons. The van der Waals surface area contributed by atoms with Gasteiger partial charge < -0.3 is 14.8 Å². The maximum atomic E-state index is 10.7. The smallest absolute Gasteiger partial charge is 0.129 e. The van der Waals surface area contributed by atoms with Crippen LogP contribution in [0, 0.1) is 0 Å². The van der Waals surface area contributed by atoms with Crippen LogP contribution < -0.4 is 5.32 Å². The van der Waals surface area contributed by atoms with E-state index in [0.29, 0.717) is 12.5 Å². The summed E-state index contributed by atoms with van der Waals surface area (Å²) in [6, 6.07) is 0. The average molecular weight is 243 g/mol.